The molecule has 1 unspecified atom stereocenters. The van der Waals surface area contributed by atoms with E-state index >= 15 is 0 Å². The Morgan fingerprint density at radius 1 is 1.29 bits per heavy atom. The number of para-hydroxylation sites is 1. The van der Waals surface area contributed by atoms with Crippen molar-refractivity contribution < 1.29 is 13.9 Å². The van der Waals surface area contributed by atoms with E-state index in [9.17, 15) is 9.18 Å². The van der Waals surface area contributed by atoms with Gasteiger partial charge < -0.3 is 4.74 Å². The fraction of sp³-hybridized carbons (Fsp3) is 0.235. The molecule has 1 heterocycles. The zero-order valence-corrected chi connectivity index (χ0v) is 12.1. The number of benzene rings is 2. The summed E-state index contributed by atoms with van der Waals surface area (Å²) in [7, 11) is 0. The first-order chi connectivity index (χ1) is 10.1. The lowest BCUT2D eigenvalue weighted by atomic mass is 9.90. The minimum absolute atomic E-state index is 0.0676. The molecular weight excluding hydrogens is 291 g/mol. The molecule has 0 fully saturated rings. The highest BCUT2D eigenvalue weighted by atomic mass is 35.5. The Hall–Kier alpha value is -1.87. The highest BCUT2D eigenvalue weighted by Gasteiger charge is 2.26. The van der Waals surface area contributed by atoms with Crippen molar-refractivity contribution in [2.45, 2.75) is 12.8 Å². The van der Waals surface area contributed by atoms with E-state index < -0.39 is 5.82 Å². The van der Waals surface area contributed by atoms with Gasteiger partial charge in [0, 0.05) is 11.4 Å². The minimum Gasteiger partial charge on any atom is -0.493 e. The zero-order chi connectivity index (χ0) is 14.8. The van der Waals surface area contributed by atoms with Gasteiger partial charge in [0.2, 0.25) is 0 Å². The molecule has 1 aliphatic rings. The summed E-state index contributed by atoms with van der Waals surface area (Å²) in [4.78, 5) is 12.4. The first kappa shape index (κ1) is 14.1. The van der Waals surface area contributed by atoms with Crippen molar-refractivity contribution >= 4 is 17.4 Å². The van der Waals surface area contributed by atoms with Crippen molar-refractivity contribution in [2.75, 3.05) is 6.61 Å². The molecule has 2 aromatic rings. The van der Waals surface area contributed by atoms with Gasteiger partial charge in [-0.05, 0) is 35.7 Å². The maximum atomic E-state index is 13.0. The van der Waals surface area contributed by atoms with Crippen LogP contribution in [0.1, 0.15) is 11.1 Å². The Morgan fingerprint density at radius 3 is 2.90 bits per heavy atom. The number of fused-ring (bicyclic) bond motifs is 1. The number of hydrogen-bond acceptors (Lipinski definition) is 2. The topological polar surface area (TPSA) is 26.3 Å². The van der Waals surface area contributed by atoms with E-state index in [1.165, 1.54) is 12.1 Å². The zero-order valence-electron chi connectivity index (χ0n) is 11.3. The van der Waals surface area contributed by atoms with Crippen LogP contribution in [-0.4, -0.2) is 12.4 Å². The normalized spacial score (nSPS) is 17.0. The third kappa shape index (κ3) is 3.08. The fourth-order valence-corrected chi connectivity index (χ4v) is 2.77. The van der Waals surface area contributed by atoms with Crippen LogP contribution < -0.4 is 4.74 Å². The van der Waals surface area contributed by atoms with Crippen LogP contribution in [-0.2, 0) is 17.6 Å². The molecule has 0 bridgehead atoms. The molecule has 0 saturated carbocycles. The molecule has 0 spiro atoms. The molecule has 0 N–H and O–H groups in total. The molecule has 0 radical (unpaired) electrons. The van der Waals surface area contributed by atoms with Crippen LogP contribution in [0.5, 0.6) is 5.75 Å². The number of ketones is 1. The summed E-state index contributed by atoms with van der Waals surface area (Å²) in [5.41, 5.74) is 1.70. The fourth-order valence-electron chi connectivity index (χ4n) is 2.53. The van der Waals surface area contributed by atoms with E-state index in [0.29, 0.717) is 23.6 Å². The average Bonchev–Trinajstić information content (AvgIpc) is 2.49. The Bertz CT molecular complexity index is 684. The summed E-state index contributed by atoms with van der Waals surface area (Å²) in [6, 6.07) is 11.9. The van der Waals surface area contributed by atoms with Gasteiger partial charge in [-0.15, -0.1) is 0 Å². The number of carbonyl (C=O) groups is 1. The van der Waals surface area contributed by atoms with Crippen molar-refractivity contribution in [3.05, 3.63) is 64.4 Å². The van der Waals surface area contributed by atoms with Gasteiger partial charge in [0.25, 0.3) is 0 Å². The van der Waals surface area contributed by atoms with Gasteiger partial charge in [-0.3, -0.25) is 4.79 Å². The van der Waals surface area contributed by atoms with Crippen LogP contribution in [0.2, 0.25) is 5.02 Å². The van der Waals surface area contributed by atoms with Crippen LogP contribution in [0.25, 0.3) is 0 Å². The predicted octanol–water partition coefficient (Wildman–Crippen LogP) is 3.84. The summed E-state index contributed by atoms with van der Waals surface area (Å²) >= 11 is 5.97. The Labute approximate surface area is 127 Å². The van der Waals surface area contributed by atoms with E-state index in [1.807, 2.05) is 24.3 Å². The van der Waals surface area contributed by atoms with E-state index in [2.05, 4.69) is 0 Å². The van der Waals surface area contributed by atoms with Gasteiger partial charge in [0.15, 0.2) is 0 Å². The molecule has 2 aromatic carbocycles. The lowest BCUT2D eigenvalue weighted by Gasteiger charge is -2.24. The first-order valence-corrected chi connectivity index (χ1v) is 7.18. The largest absolute Gasteiger partial charge is 0.493 e. The number of carbonyl (C=O) groups excluding carboxylic acids is 1. The molecule has 1 atom stereocenters. The Morgan fingerprint density at radius 2 is 2.10 bits per heavy atom. The van der Waals surface area contributed by atoms with Crippen LogP contribution in [0.4, 0.5) is 4.39 Å². The van der Waals surface area contributed by atoms with Gasteiger partial charge in [0.1, 0.15) is 17.3 Å². The van der Waals surface area contributed by atoms with Crippen molar-refractivity contribution in [1.29, 1.82) is 0 Å². The van der Waals surface area contributed by atoms with Gasteiger partial charge in [0.05, 0.1) is 12.5 Å². The van der Waals surface area contributed by atoms with Gasteiger partial charge in [-0.2, -0.15) is 0 Å². The van der Waals surface area contributed by atoms with E-state index in [0.717, 1.165) is 11.3 Å². The van der Waals surface area contributed by atoms with E-state index in [1.54, 1.807) is 6.07 Å². The third-order valence-corrected chi connectivity index (χ3v) is 4.07. The Balaban J connectivity index is 1.72. The molecule has 3 rings (SSSR count). The number of hydrogen-bond donors (Lipinski definition) is 0. The first-order valence-electron chi connectivity index (χ1n) is 6.81. The molecule has 4 heteroatoms. The summed E-state index contributed by atoms with van der Waals surface area (Å²) in [5.74, 6) is 0.339. The van der Waals surface area contributed by atoms with Crippen molar-refractivity contribution in [2.24, 2.45) is 5.92 Å². The molecular formula is C17H14ClFO2. The highest BCUT2D eigenvalue weighted by Crippen LogP contribution is 2.28. The average molecular weight is 305 g/mol. The van der Waals surface area contributed by atoms with E-state index in [-0.39, 0.29) is 18.1 Å². The number of rotatable bonds is 3. The molecule has 21 heavy (non-hydrogen) atoms. The van der Waals surface area contributed by atoms with Crippen molar-refractivity contribution in [3.8, 4) is 5.75 Å². The van der Waals surface area contributed by atoms with Gasteiger partial charge in [-0.1, -0.05) is 35.9 Å². The molecule has 2 nitrogen and oxygen atoms in total. The SMILES string of the molecule is O=C(Cc1ccc(F)cc1Cl)C1COc2ccccc2C1. The number of halogens is 2. The van der Waals surface area contributed by atoms with Crippen LogP contribution in [0.3, 0.4) is 0 Å². The second kappa shape index (κ2) is 5.86. The molecule has 0 amide bonds. The Kier molecular flexibility index (Phi) is 3.93. The second-order valence-corrected chi connectivity index (χ2v) is 5.61. The molecule has 108 valence electrons. The summed E-state index contributed by atoms with van der Waals surface area (Å²) in [6.45, 7) is 0.384. The maximum absolute atomic E-state index is 13.0. The number of ether oxygens (including phenoxy) is 1. The van der Waals surface area contributed by atoms with Gasteiger partial charge in [-0.25, -0.2) is 4.39 Å². The van der Waals surface area contributed by atoms with Crippen molar-refractivity contribution in [3.63, 3.8) is 0 Å². The van der Waals surface area contributed by atoms with Crippen LogP contribution in [0, 0.1) is 11.7 Å². The quantitative estimate of drug-likeness (QED) is 0.861. The van der Waals surface area contributed by atoms with Crippen molar-refractivity contribution in [1.82, 2.24) is 0 Å². The summed E-state index contributed by atoms with van der Waals surface area (Å²) in [5, 5.41) is 0.292. The molecule has 1 aliphatic heterocycles. The third-order valence-electron chi connectivity index (χ3n) is 3.71. The number of Topliss-reactive ketones (excluding diaryl/α,β-unsaturated/α-hetero) is 1. The second-order valence-electron chi connectivity index (χ2n) is 5.20. The molecule has 0 aromatic heterocycles. The molecule has 0 aliphatic carbocycles. The monoisotopic (exact) mass is 304 g/mol. The molecule has 0 saturated heterocycles. The minimum atomic E-state index is -0.397. The lowest BCUT2D eigenvalue weighted by Crippen LogP contribution is -2.29. The predicted molar refractivity (Wildman–Crippen MR) is 79.3 cm³/mol. The highest BCUT2D eigenvalue weighted by molar-refractivity contribution is 6.31. The lowest BCUT2D eigenvalue weighted by molar-refractivity contribution is -0.123. The standard InChI is InChI=1S/C17H14ClFO2/c18-15-9-14(19)6-5-11(15)8-16(20)13-7-12-3-1-2-4-17(12)21-10-13/h1-6,9,13H,7-8,10H2. The maximum Gasteiger partial charge on any atom is 0.144 e. The van der Waals surface area contributed by atoms with Gasteiger partial charge >= 0.3 is 0 Å². The van der Waals surface area contributed by atoms with Crippen LogP contribution >= 0.6 is 11.6 Å². The van der Waals surface area contributed by atoms with E-state index in [4.69, 9.17) is 16.3 Å². The summed E-state index contributed by atoms with van der Waals surface area (Å²) in [6.07, 6.45) is 0.878. The van der Waals surface area contributed by atoms with Crippen LogP contribution in [0.15, 0.2) is 42.5 Å². The summed E-state index contributed by atoms with van der Waals surface area (Å²) < 4.78 is 18.6. The smallest absolute Gasteiger partial charge is 0.144 e.